The highest BCUT2D eigenvalue weighted by molar-refractivity contribution is 5.91. The fourth-order valence-corrected chi connectivity index (χ4v) is 4.33. The van der Waals surface area contributed by atoms with Gasteiger partial charge < -0.3 is 10.2 Å². The number of amides is 3. The summed E-state index contributed by atoms with van der Waals surface area (Å²) in [4.78, 5) is 25.4. The Hall–Kier alpha value is -4.61. The van der Waals surface area contributed by atoms with E-state index in [2.05, 4.69) is 15.7 Å². The van der Waals surface area contributed by atoms with Gasteiger partial charge in [-0.05, 0) is 37.1 Å². The lowest BCUT2D eigenvalue weighted by atomic mass is 10.0. The molecule has 204 valence electrons. The number of alkyl halides is 3. The average molecular weight is 540 g/mol. The van der Waals surface area contributed by atoms with Gasteiger partial charge >= 0.3 is 12.2 Å². The van der Waals surface area contributed by atoms with Crippen LogP contribution in [0.4, 0.5) is 23.8 Å². The van der Waals surface area contributed by atoms with Crippen molar-refractivity contribution in [1.82, 2.24) is 29.8 Å². The van der Waals surface area contributed by atoms with E-state index in [1.807, 2.05) is 30.3 Å². The molecule has 12 heteroatoms. The third-order valence-electron chi connectivity index (χ3n) is 6.15. The maximum absolute atomic E-state index is 13.3. The van der Waals surface area contributed by atoms with Crippen molar-refractivity contribution in [3.63, 3.8) is 0 Å². The van der Waals surface area contributed by atoms with Crippen LogP contribution in [0.1, 0.15) is 22.7 Å². The number of hydrogen-bond acceptors (Lipinski definition) is 4. The Balaban J connectivity index is 1.66. The van der Waals surface area contributed by atoms with E-state index in [9.17, 15) is 22.8 Å². The van der Waals surface area contributed by atoms with Crippen molar-refractivity contribution >= 4 is 18.3 Å². The number of carbonyl (C=O) groups excluding carboxylic acids is 2. The molecule has 0 saturated heterocycles. The number of nitrogens with one attached hydrogen (secondary N) is 2. The van der Waals surface area contributed by atoms with E-state index in [0.29, 0.717) is 33.2 Å². The first kappa shape index (κ1) is 27.4. The van der Waals surface area contributed by atoms with Gasteiger partial charge in [-0.15, -0.1) is 0 Å². The summed E-state index contributed by atoms with van der Waals surface area (Å²) in [6.07, 6.45) is -0.983. The molecule has 4 rings (SSSR count). The number of nitrogens with zero attached hydrogens (tertiary/aromatic N) is 5. The van der Waals surface area contributed by atoms with Gasteiger partial charge in [0.05, 0.1) is 17.9 Å². The number of carbonyl (C=O) groups is 2. The third-order valence-corrected chi connectivity index (χ3v) is 6.15. The Bertz CT molecular complexity index is 1450. The van der Waals surface area contributed by atoms with Crippen LogP contribution >= 0.6 is 0 Å². The summed E-state index contributed by atoms with van der Waals surface area (Å²) in [5.74, 6) is 0.378. The molecule has 2 aromatic carbocycles. The first-order valence-electron chi connectivity index (χ1n) is 12.1. The van der Waals surface area contributed by atoms with E-state index < -0.39 is 24.8 Å². The van der Waals surface area contributed by atoms with Crippen molar-refractivity contribution in [3.8, 4) is 16.9 Å². The summed E-state index contributed by atoms with van der Waals surface area (Å²) in [6.45, 7) is 1.78. The quantitative estimate of drug-likeness (QED) is 0.300. The molecule has 2 aromatic heterocycles. The zero-order valence-electron chi connectivity index (χ0n) is 21.6. The summed E-state index contributed by atoms with van der Waals surface area (Å²) in [5.41, 5.74) is 4.06. The smallest absolute Gasteiger partial charge is 0.334 e. The Morgan fingerprint density at radius 2 is 1.79 bits per heavy atom. The van der Waals surface area contributed by atoms with Crippen molar-refractivity contribution in [2.75, 3.05) is 18.4 Å². The van der Waals surface area contributed by atoms with E-state index in [1.165, 1.54) is 0 Å². The molecule has 0 bridgehead atoms. The molecule has 1 atom stereocenters. The van der Waals surface area contributed by atoms with Gasteiger partial charge in [-0.25, -0.2) is 9.48 Å². The van der Waals surface area contributed by atoms with E-state index in [0.717, 1.165) is 11.1 Å². The largest absolute Gasteiger partial charge is 0.406 e. The minimum atomic E-state index is -4.58. The van der Waals surface area contributed by atoms with Gasteiger partial charge in [0, 0.05) is 30.9 Å². The second kappa shape index (κ2) is 11.4. The SMILES string of the molecule is Cc1ccccc1C(CN(C=O)CC(F)(F)F)NC(=O)Nc1c(C)c(-c2cnn(C)c2)nn1-c1ccccc1. The number of aromatic nitrogens is 4. The van der Waals surface area contributed by atoms with Crippen LogP contribution in [-0.4, -0.2) is 56.2 Å². The minimum Gasteiger partial charge on any atom is -0.334 e. The molecule has 0 aliphatic heterocycles. The van der Waals surface area contributed by atoms with Gasteiger partial charge in [-0.2, -0.15) is 23.4 Å². The molecule has 9 nitrogen and oxygen atoms in total. The summed E-state index contributed by atoms with van der Waals surface area (Å²) >= 11 is 0. The van der Waals surface area contributed by atoms with Crippen LogP contribution in [0.25, 0.3) is 16.9 Å². The zero-order chi connectivity index (χ0) is 28.2. The zero-order valence-corrected chi connectivity index (χ0v) is 21.6. The first-order valence-corrected chi connectivity index (χ1v) is 12.1. The molecular weight excluding hydrogens is 511 g/mol. The monoisotopic (exact) mass is 539 g/mol. The highest BCUT2D eigenvalue weighted by Crippen LogP contribution is 2.30. The summed E-state index contributed by atoms with van der Waals surface area (Å²) in [5, 5.41) is 14.5. The topological polar surface area (TPSA) is 97.1 Å². The van der Waals surface area contributed by atoms with Crippen LogP contribution in [0.5, 0.6) is 0 Å². The number of hydrogen-bond donors (Lipinski definition) is 2. The fraction of sp³-hybridized carbons (Fsp3) is 0.259. The van der Waals surface area contributed by atoms with Crippen molar-refractivity contribution in [2.45, 2.75) is 26.1 Å². The molecule has 2 heterocycles. The second-order valence-corrected chi connectivity index (χ2v) is 9.13. The average Bonchev–Trinajstić information content (AvgIpc) is 3.46. The highest BCUT2D eigenvalue weighted by atomic mass is 19.4. The minimum absolute atomic E-state index is 0.132. The maximum atomic E-state index is 13.3. The maximum Gasteiger partial charge on any atom is 0.406 e. The van der Waals surface area contributed by atoms with Gasteiger partial charge in [0.15, 0.2) is 0 Å². The number of anilines is 1. The molecule has 0 spiro atoms. The Kier molecular flexibility index (Phi) is 8.03. The van der Waals surface area contributed by atoms with Crippen LogP contribution in [-0.2, 0) is 11.8 Å². The number of benzene rings is 2. The molecule has 0 radical (unpaired) electrons. The van der Waals surface area contributed by atoms with Crippen molar-refractivity contribution in [3.05, 3.63) is 83.7 Å². The van der Waals surface area contributed by atoms with Crippen molar-refractivity contribution in [2.24, 2.45) is 7.05 Å². The summed E-state index contributed by atoms with van der Waals surface area (Å²) < 4.78 is 42.4. The molecule has 39 heavy (non-hydrogen) atoms. The lowest BCUT2D eigenvalue weighted by Gasteiger charge is -2.27. The summed E-state index contributed by atoms with van der Waals surface area (Å²) in [7, 11) is 1.78. The van der Waals surface area contributed by atoms with Crippen molar-refractivity contribution < 1.29 is 22.8 Å². The molecule has 0 aliphatic rings. The number of rotatable bonds is 9. The number of halogens is 3. The number of urea groups is 1. The fourth-order valence-electron chi connectivity index (χ4n) is 4.33. The molecular formula is C27H28F3N7O2. The molecule has 2 N–H and O–H groups in total. The van der Waals surface area contributed by atoms with Gasteiger partial charge in [-0.3, -0.25) is 14.8 Å². The van der Waals surface area contributed by atoms with Crippen molar-refractivity contribution in [1.29, 1.82) is 0 Å². The first-order chi connectivity index (χ1) is 18.6. The van der Waals surface area contributed by atoms with Crippen LogP contribution in [0.15, 0.2) is 67.0 Å². The Morgan fingerprint density at radius 3 is 2.41 bits per heavy atom. The van der Waals surface area contributed by atoms with Crippen LogP contribution in [0.2, 0.25) is 0 Å². The number of aryl methyl sites for hydroxylation is 2. The molecule has 0 fully saturated rings. The van der Waals surface area contributed by atoms with Gasteiger partial charge in [0.1, 0.15) is 18.1 Å². The Labute approximate surface area is 223 Å². The summed E-state index contributed by atoms with van der Waals surface area (Å²) in [6, 6.07) is 14.6. The third kappa shape index (κ3) is 6.64. The lowest BCUT2D eigenvalue weighted by molar-refractivity contribution is -0.154. The van der Waals surface area contributed by atoms with E-state index >= 15 is 0 Å². The Morgan fingerprint density at radius 1 is 1.10 bits per heavy atom. The standard InChI is InChI=1S/C27H28F3N7O2/c1-18-9-7-8-12-22(18)23(15-36(17-38)16-27(28,29)30)32-26(39)33-25-19(2)24(20-13-31-35(3)14-20)34-37(25)21-10-5-4-6-11-21/h4-14,17,23H,15-16H2,1-3H3,(H2,32,33,39). The molecule has 3 amide bonds. The number of para-hydroxylation sites is 1. The molecule has 0 aliphatic carbocycles. The predicted octanol–water partition coefficient (Wildman–Crippen LogP) is 4.77. The van der Waals surface area contributed by atoms with Crippen LogP contribution in [0.3, 0.4) is 0 Å². The normalized spacial score (nSPS) is 12.2. The van der Waals surface area contributed by atoms with E-state index in [-0.39, 0.29) is 13.0 Å². The predicted molar refractivity (Wildman–Crippen MR) is 140 cm³/mol. The van der Waals surface area contributed by atoms with Gasteiger partial charge in [0.2, 0.25) is 6.41 Å². The van der Waals surface area contributed by atoms with Gasteiger partial charge in [-0.1, -0.05) is 42.5 Å². The lowest BCUT2D eigenvalue weighted by Crippen LogP contribution is -2.42. The highest BCUT2D eigenvalue weighted by Gasteiger charge is 2.32. The van der Waals surface area contributed by atoms with Crippen LogP contribution < -0.4 is 10.6 Å². The van der Waals surface area contributed by atoms with E-state index in [1.54, 1.807) is 66.9 Å². The molecule has 0 saturated carbocycles. The van der Waals surface area contributed by atoms with Crippen LogP contribution in [0, 0.1) is 13.8 Å². The molecule has 4 aromatic rings. The second-order valence-electron chi connectivity index (χ2n) is 9.13. The van der Waals surface area contributed by atoms with Gasteiger partial charge in [0.25, 0.3) is 0 Å². The van der Waals surface area contributed by atoms with E-state index in [4.69, 9.17) is 5.10 Å². The molecule has 1 unspecified atom stereocenters.